The highest BCUT2D eigenvalue weighted by molar-refractivity contribution is 5.92. The predicted octanol–water partition coefficient (Wildman–Crippen LogP) is 2.93. The zero-order chi connectivity index (χ0) is 17.5. The van der Waals surface area contributed by atoms with Crippen molar-refractivity contribution in [3.63, 3.8) is 0 Å². The van der Waals surface area contributed by atoms with Gasteiger partial charge in [-0.15, -0.1) is 0 Å². The van der Waals surface area contributed by atoms with Crippen LogP contribution in [0.4, 0.5) is 5.69 Å². The van der Waals surface area contributed by atoms with Crippen molar-refractivity contribution in [1.29, 1.82) is 0 Å². The summed E-state index contributed by atoms with van der Waals surface area (Å²) in [5.74, 6) is 0.448. The van der Waals surface area contributed by atoms with Crippen molar-refractivity contribution in [3.8, 4) is 0 Å². The number of nitrogens with one attached hydrogen (secondary N) is 1. The highest BCUT2D eigenvalue weighted by atomic mass is 16.5. The number of anilines is 1. The van der Waals surface area contributed by atoms with Crippen molar-refractivity contribution < 1.29 is 14.3 Å². The fourth-order valence-corrected chi connectivity index (χ4v) is 2.83. The first kappa shape index (κ1) is 18.2. The maximum Gasteiger partial charge on any atom is 0.246 e. The van der Waals surface area contributed by atoms with Gasteiger partial charge in [0.15, 0.2) is 0 Å². The van der Waals surface area contributed by atoms with E-state index in [9.17, 15) is 9.59 Å². The fourth-order valence-electron chi connectivity index (χ4n) is 2.83. The lowest BCUT2D eigenvalue weighted by atomic mass is 10.0. The van der Waals surface area contributed by atoms with Crippen molar-refractivity contribution >= 4 is 23.6 Å². The van der Waals surface area contributed by atoms with Crippen molar-refractivity contribution in [2.75, 3.05) is 25.1 Å². The number of rotatable bonds is 5. The Labute approximate surface area is 143 Å². The first-order valence-corrected chi connectivity index (χ1v) is 8.40. The molecular formula is C19H26N2O3. The second-order valence-electron chi connectivity index (χ2n) is 6.53. The van der Waals surface area contributed by atoms with E-state index < -0.39 is 0 Å². The number of carbonyl (C=O) groups is 2. The maximum absolute atomic E-state index is 12.5. The van der Waals surface area contributed by atoms with Crippen molar-refractivity contribution in [1.82, 2.24) is 4.90 Å². The van der Waals surface area contributed by atoms with Crippen LogP contribution in [0, 0.1) is 5.92 Å². The van der Waals surface area contributed by atoms with Crippen LogP contribution in [0.3, 0.4) is 0 Å². The van der Waals surface area contributed by atoms with E-state index in [1.165, 1.54) is 6.92 Å². The van der Waals surface area contributed by atoms with Gasteiger partial charge in [0.25, 0.3) is 0 Å². The molecule has 0 aliphatic carbocycles. The number of benzene rings is 1. The number of ether oxygens (including phenoxy) is 1. The first-order chi connectivity index (χ1) is 11.5. The van der Waals surface area contributed by atoms with Gasteiger partial charge in [-0.05, 0) is 36.1 Å². The number of hydrogen-bond donors (Lipinski definition) is 1. The van der Waals surface area contributed by atoms with E-state index in [-0.39, 0.29) is 17.9 Å². The smallest absolute Gasteiger partial charge is 0.246 e. The summed E-state index contributed by atoms with van der Waals surface area (Å²) in [7, 11) is 0. The standard InChI is InChI=1S/C19H26N2O3/c1-14(2)12-18-13-24-11-10-21(18)19(23)9-6-16-4-7-17(8-5-16)20-15(3)22/h4-9,14,18H,10-13H2,1-3H3,(H,20,22)/b9-6+/t18-/m0/s1. The maximum atomic E-state index is 12.5. The van der Waals surface area contributed by atoms with Crippen LogP contribution >= 0.6 is 0 Å². The topological polar surface area (TPSA) is 58.6 Å². The lowest BCUT2D eigenvalue weighted by Gasteiger charge is -2.36. The summed E-state index contributed by atoms with van der Waals surface area (Å²) in [5.41, 5.74) is 1.67. The third kappa shape index (κ3) is 5.49. The molecule has 0 spiro atoms. The molecule has 24 heavy (non-hydrogen) atoms. The molecule has 0 aromatic heterocycles. The average molecular weight is 330 g/mol. The van der Waals surface area contributed by atoms with E-state index in [0.717, 1.165) is 17.7 Å². The van der Waals surface area contributed by atoms with Gasteiger partial charge in [0.1, 0.15) is 0 Å². The van der Waals surface area contributed by atoms with Gasteiger partial charge in [-0.25, -0.2) is 0 Å². The number of morpholine rings is 1. The summed E-state index contributed by atoms with van der Waals surface area (Å²) in [5, 5.41) is 2.72. The first-order valence-electron chi connectivity index (χ1n) is 8.40. The molecule has 0 saturated carbocycles. The highest BCUT2D eigenvalue weighted by Gasteiger charge is 2.26. The molecule has 5 nitrogen and oxygen atoms in total. The molecule has 5 heteroatoms. The average Bonchev–Trinajstić information content (AvgIpc) is 2.53. The van der Waals surface area contributed by atoms with Crippen LogP contribution in [0.2, 0.25) is 0 Å². The second-order valence-corrected chi connectivity index (χ2v) is 6.53. The minimum atomic E-state index is -0.100. The lowest BCUT2D eigenvalue weighted by Crippen LogP contribution is -2.48. The van der Waals surface area contributed by atoms with Crippen molar-refractivity contribution in [3.05, 3.63) is 35.9 Å². The fraction of sp³-hybridized carbons (Fsp3) is 0.474. The molecule has 1 aliphatic heterocycles. The zero-order valence-electron chi connectivity index (χ0n) is 14.6. The summed E-state index contributed by atoms with van der Waals surface area (Å²) >= 11 is 0. The highest BCUT2D eigenvalue weighted by Crippen LogP contribution is 2.17. The molecule has 0 unspecified atom stereocenters. The summed E-state index contributed by atoms with van der Waals surface area (Å²) in [6, 6.07) is 7.54. The van der Waals surface area contributed by atoms with Gasteiger partial charge in [0.2, 0.25) is 11.8 Å². The molecule has 2 rings (SSSR count). The van der Waals surface area contributed by atoms with Crippen molar-refractivity contribution in [2.45, 2.75) is 33.2 Å². The normalized spacial score (nSPS) is 18.2. The van der Waals surface area contributed by atoms with E-state index in [4.69, 9.17) is 4.74 Å². The Morgan fingerprint density at radius 2 is 2.04 bits per heavy atom. The van der Waals surface area contributed by atoms with Gasteiger partial charge in [-0.2, -0.15) is 0 Å². The SMILES string of the molecule is CC(=O)Nc1ccc(/C=C/C(=O)N2CCOC[C@@H]2CC(C)C)cc1. The van der Waals surface area contributed by atoms with E-state index >= 15 is 0 Å². The Bertz CT molecular complexity index is 593. The quantitative estimate of drug-likeness (QED) is 0.845. The van der Waals surface area contributed by atoms with Gasteiger partial charge >= 0.3 is 0 Å². The molecule has 0 radical (unpaired) electrons. The lowest BCUT2D eigenvalue weighted by molar-refractivity contribution is -0.135. The molecule has 1 atom stereocenters. The monoisotopic (exact) mass is 330 g/mol. The summed E-state index contributed by atoms with van der Waals surface area (Å²) in [6.45, 7) is 7.64. The summed E-state index contributed by atoms with van der Waals surface area (Å²) < 4.78 is 5.52. The molecule has 2 amide bonds. The van der Waals surface area contributed by atoms with Crippen LogP contribution in [-0.2, 0) is 14.3 Å². The Morgan fingerprint density at radius 3 is 2.67 bits per heavy atom. The Morgan fingerprint density at radius 1 is 1.33 bits per heavy atom. The summed E-state index contributed by atoms with van der Waals surface area (Å²) in [6.07, 6.45) is 4.37. The van der Waals surface area contributed by atoms with Crippen LogP contribution in [0.1, 0.15) is 32.8 Å². The van der Waals surface area contributed by atoms with E-state index in [1.54, 1.807) is 6.08 Å². The molecule has 1 saturated heterocycles. The third-order valence-corrected chi connectivity index (χ3v) is 3.90. The van der Waals surface area contributed by atoms with E-state index in [1.807, 2.05) is 35.2 Å². The van der Waals surface area contributed by atoms with Crippen LogP contribution in [0.25, 0.3) is 6.08 Å². The van der Waals surface area contributed by atoms with Gasteiger partial charge in [-0.1, -0.05) is 26.0 Å². The summed E-state index contributed by atoms with van der Waals surface area (Å²) in [4.78, 5) is 25.4. The molecule has 1 heterocycles. The predicted molar refractivity (Wildman–Crippen MR) is 95.6 cm³/mol. The molecule has 1 aliphatic rings. The largest absolute Gasteiger partial charge is 0.377 e. The minimum Gasteiger partial charge on any atom is -0.377 e. The number of hydrogen-bond acceptors (Lipinski definition) is 3. The molecule has 0 bridgehead atoms. The molecule has 1 fully saturated rings. The van der Waals surface area contributed by atoms with Gasteiger partial charge in [-0.3, -0.25) is 9.59 Å². The van der Waals surface area contributed by atoms with E-state index in [0.29, 0.717) is 25.7 Å². The number of nitrogens with zero attached hydrogens (tertiary/aromatic N) is 1. The molecule has 1 aromatic rings. The number of amides is 2. The number of carbonyl (C=O) groups excluding carboxylic acids is 2. The van der Waals surface area contributed by atoms with Gasteiger partial charge in [0, 0.05) is 25.2 Å². The Hall–Kier alpha value is -2.14. The van der Waals surface area contributed by atoms with Gasteiger partial charge < -0.3 is 15.0 Å². The Kier molecular flexibility index (Phi) is 6.55. The van der Waals surface area contributed by atoms with Gasteiger partial charge in [0.05, 0.1) is 19.3 Å². The molecular weight excluding hydrogens is 304 g/mol. The molecule has 1 N–H and O–H groups in total. The zero-order valence-corrected chi connectivity index (χ0v) is 14.6. The van der Waals surface area contributed by atoms with Crippen molar-refractivity contribution in [2.24, 2.45) is 5.92 Å². The molecule has 130 valence electrons. The minimum absolute atomic E-state index is 0.0230. The van der Waals surface area contributed by atoms with Crippen LogP contribution in [0.5, 0.6) is 0 Å². The van der Waals surface area contributed by atoms with Crippen LogP contribution < -0.4 is 5.32 Å². The van der Waals surface area contributed by atoms with E-state index in [2.05, 4.69) is 19.2 Å². The Balaban J connectivity index is 1.99. The van der Waals surface area contributed by atoms with Crippen LogP contribution in [0.15, 0.2) is 30.3 Å². The van der Waals surface area contributed by atoms with Crippen LogP contribution in [-0.4, -0.2) is 42.5 Å². The molecule has 1 aromatic carbocycles. The second kappa shape index (κ2) is 8.64. The third-order valence-electron chi connectivity index (χ3n) is 3.90.